The van der Waals surface area contributed by atoms with E-state index in [4.69, 9.17) is 4.74 Å². The lowest BCUT2D eigenvalue weighted by Crippen LogP contribution is -2.38. The van der Waals surface area contributed by atoms with Crippen LogP contribution in [0.2, 0.25) is 0 Å². The number of nitrogens with zero attached hydrogens (tertiary/aromatic N) is 2. The summed E-state index contributed by atoms with van der Waals surface area (Å²) < 4.78 is 22.2. The number of halogens is 1. The SMILES string of the molecule is CCN1C(=O)C(CCNc2cccc(OCC(=O)OC)c2)SC1CC(C#N)C(=O)NCCF. The maximum Gasteiger partial charge on any atom is 0.343 e. The average Bonchev–Trinajstić information content (AvgIpc) is 3.13. The van der Waals surface area contributed by atoms with Gasteiger partial charge in [0, 0.05) is 37.8 Å². The fourth-order valence-corrected chi connectivity index (χ4v) is 4.93. The van der Waals surface area contributed by atoms with Crippen LogP contribution in [0, 0.1) is 17.2 Å². The molecule has 0 bridgehead atoms. The van der Waals surface area contributed by atoms with E-state index in [9.17, 15) is 24.0 Å². The third-order valence-corrected chi connectivity index (χ3v) is 6.55. The summed E-state index contributed by atoms with van der Waals surface area (Å²) in [6, 6.07) is 9.08. The molecule has 11 heteroatoms. The summed E-state index contributed by atoms with van der Waals surface area (Å²) in [5.74, 6) is -1.44. The van der Waals surface area contributed by atoms with Crippen molar-refractivity contribution >= 4 is 35.2 Å². The number of ether oxygens (including phenoxy) is 2. The van der Waals surface area contributed by atoms with Gasteiger partial charge in [-0.1, -0.05) is 6.07 Å². The van der Waals surface area contributed by atoms with Crippen molar-refractivity contribution in [1.82, 2.24) is 10.2 Å². The molecule has 1 fully saturated rings. The zero-order valence-corrected chi connectivity index (χ0v) is 19.5. The Morgan fingerprint density at radius 2 is 2.15 bits per heavy atom. The highest BCUT2D eigenvalue weighted by atomic mass is 32.2. The van der Waals surface area contributed by atoms with E-state index in [0.29, 0.717) is 25.3 Å². The lowest BCUT2D eigenvalue weighted by molar-refractivity contribution is -0.143. The lowest BCUT2D eigenvalue weighted by atomic mass is 10.1. The minimum Gasteiger partial charge on any atom is -0.482 e. The largest absolute Gasteiger partial charge is 0.482 e. The number of hydrogen-bond acceptors (Lipinski definition) is 8. The number of thioether (sulfide) groups is 1. The van der Waals surface area contributed by atoms with Gasteiger partial charge < -0.3 is 25.0 Å². The average molecular weight is 481 g/mol. The molecule has 2 N–H and O–H groups in total. The molecule has 1 aromatic rings. The quantitative estimate of drug-likeness (QED) is 0.411. The summed E-state index contributed by atoms with van der Waals surface area (Å²) in [5, 5.41) is 14.4. The van der Waals surface area contributed by atoms with Gasteiger partial charge in [-0.3, -0.25) is 9.59 Å². The molecule has 1 saturated heterocycles. The number of nitrogens with one attached hydrogen (secondary N) is 2. The molecule has 1 heterocycles. The second kappa shape index (κ2) is 13.5. The molecule has 180 valence electrons. The molecule has 9 nitrogen and oxygen atoms in total. The van der Waals surface area contributed by atoms with Gasteiger partial charge in [-0.25, -0.2) is 9.18 Å². The molecule has 0 aliphatic carbocycles. The Kier molecular flexibility index (Phi) is 10.8. The maximum absolute atomic E-state index is 12.8. The number of carbonyl (C=O) groups excluding carboxylic acids is 3. The number of carbonyl (C=O) groups is 3. The van der Waals surface area contributed by atoms with Crippen LogP contribution in [0.25, 0.3) is 0 Å². The van der Waals surface area contributed by atoms with Crippen LogP contribution in [-0.4, -0.2) is 73.3 Å². The lowest BCUT2D eigenvalue weighted by Gasteiger charge is -2.23. The fraction of sp³-hybridized carbons (Fsp3) is 0.545. The molecule has 1 aromatic carbocycles. The highest BCUT2D eigenvalue weighted by Crippen LogP contribution is 2.37. The van der Waals surface area contributed by atoms with Crippen LogP contribution in [0.5, 0.6) is 5.75 Å². The number of hydrogen-bond donors (Lipinski definition) is 2. The van der Waals surface area contributed by atoms with E-state index in [0.717, 1.165) is 5.69 Å². The Morgan fingerprint density at radius 3 is 2.82 bits per heavy atom. The Hall–Kier alpha value is -3.00. The van der Waals surface area contributed by atoms with Crippen molar-refractivity contribution in [2.75, 3.05) is 45.3 Å². The van der Waals surface area contributed by atoms with Gasteiger partial charge in [0.2, 0.25) is 11.8 Å². The van der Waals surface area contributed by atoms with Gasteiger partial charge in [0.15, 0.2) is 6.61 Å². The van der Waals surface area contributed by atoms with E-state index in [-0.39, 0.29) is 36.1 Å². The third kappa shape index (κ3) is 7.82. The molecule has 1 aliphatic heterocycles. The molecule has 0 radical (unpaired) electrons. The molecule has 0 spiro atoms. The van der Waals surface area contributed by atoms with Crippen molar-refractivity contribution in [2.45, 2.75) is 30.4 Å². The van der Waals surface area contributed by atoms with Crippen molar-refractivity contribution in [2.24, 2.45) is 5.92 Å². The van der Waals surface area contributed by atoms with Gasteiger partial charge in [0.1, 0.15) is 18.3 Å². The Bertz CT molecular complexity index is 865. The highest BCUT2D eigenvalue weighted by Gasteiger charge is 2.40. The zero-order chi connectivity index (χ0) is 24.2. The fourth-order valence-electron chi connectivity index (χ4n) is 3.34. The molecule has 1 aliphatic rings. The zero-order valence-electron chi connectivity index (χ0n) is 18.7. The second-order valence-electron chi connectivity index (χ2n) is 7.21. The Morgan fingerprint density at radius 1 is 1.36 bits per heavy atom. The molecule has 0 aromatic heterocycles. The number of methoxy groups -OCH3 is 1. The normalized spacial score (nSPS) is 18.4. The molecule has 3 atom stereocenters. The molecule has 33 heavy (non-hydrogen) atoms. The maximum atomic E-state index is 12.8. The van der Waals surface area contributed by atoms with Gasteiger partial charge in [-0.05, 0) is 25.5 Å². The Labute approximate surface area is 197 Å². The molecular formula is C22H29FN4O5S. The van der Waals surface area contributed by atoms with Gasteiger partial charge in [-0.15, -0.1) is 11.8 Å². The first-order valence-corrected chi connectivity index (χ1v) is 11.6. The molecular weight excluding hydrogens is 451 g/mol. The van der Waals surface area contributed by atoms with Crippen molar-refractivity contribution < 1.29 is 28.2 Å². The number of amides is 2. The first-order chi connectivity index (χ1) is 15.9. The highest BCUT2D eigenvalue weighted by molar-refractivity contribution is 8.01. The van der Waals surface area contributed by atoms with E-state index in [1.165, 1.54) is 18.9 Å². The van der Waals surface area contributed by atoms with Crippen LogP contribution < -0.4 is 15.4 Å². The van der Waals surface area contributed by atoms with E-state index in [1.54, 1.807) is 23.1 Å². The van der Waals surface area contributed by atoms with Crippen molar-refractivity contribution in [3.8, 4) is 11.8 Å². The first kappa shape index (κ1) is 26.3. The van der Waals surface area contributed by atoms with Gasteiger partial charge in [0.25, 0.3) is 0 Å². The minimum atomic E-state index is -0.944. The topological polar surface area (TPSA) is 121 Å². The van der Waals surface area contributed by atoms with Crippen molar-refractivity contribution in [1.29, 1.82) is 5.26 Å². The number of benzene rings is 1. The number of alkyl halides is 1. The van der Waals surface area contributed by atoms with Crippen molar-refractivity contribution in [3.63, 3.8) is 0 Å². The van der Waals surface area contributed by atoms with Gasteiger partial charge in [-0.2, -0.15) is 5.26 Å². The van der Waals surface area contributed by atoms with Crippen LogP contribution >= 0.6 is 11.8 Å². The van der Waals surface area contributed by atoms with Crippen LogP contribution in [0.1, 0.15) is 19.8 Å². The molecule has 2 amide bonds. The van der Waals surface area contributed by atoms with Crippen LogP contribution in [0.15, 0.2) is 24.3 Å². The summed E-state index contributed by atoms with van der Waals surface area (Å²) in [4.78, 5) is 37.8. The van der Waals surface area contributed by atoms with Crippen molar-refractivity contribution in [3.05, 3.63) is 24.3 Å². The third-order valence-electron chi connectivity index (χ3n) is 5.03. The number of nitriles is 1. The monoisotopic (exact) mass is 480 g/mol. The number of anilines is 1. The second-order valence-corrected chi connectivity index (χ2v) is 8.59. The molecule has 3 unspecified atom stereocenters. The summed E-state index contributed by atoms with van der Waals surface area (Å²) >= 11 is 1.44. The first-order valence-electron chi connectivity index (χ1n) is 10.7. The summed E-state index contributed by atoms with van der Waals surface area (Å²) in [6.07, 6.45) is 0.747. The van der Waals surface area contributed by atoms with Crippen LogP contribution in [-0.2, 0) is 19.1 Å². The van der Waals surface area contributed by atoms with E-state index in [1.807, 2.05) is 19.1 Å². The van der Waals surface area contributed by atoms with E-state index < -0.39 is 24.5 Å². The van der Waals surface area contributed by atoms with Gasteiger partial charge in [0.05, 0.1) is 23.8 Å². The standard InChI is InChI=1S/C22H29FN4O5S/c1-3-27-19(11-15(13-24)21(29)26-10-8-23)33-18(22(27)30)7-9-25-16-5-4-6-17(12-16)32-14-20(28)31-2/h4-6,12,15,18-19,25H,3,7-11,14H2,1-2H3,(H,26,29). The smallest absolute Gasteiger partial charge is 0.343 e. The van der Waals surface area contributed by atoms with Crippen LogP contribution in [0.4, 0.5) is 10.1 Å². The molecule has 2 rings (SSSR count). The van der Waals surface area contributed by atoms with Gasteiger partial charge >= 0.3 is 5.97 Å². The Balaban J connectivity index is 1.89. The minimum absolute atomic E-state index is 0.0229. The summed E-state index contributed by atoms with van der Waals surface area (Å²) in [5.41, 5.74) is 0.783. The number of rotatable bonds is 13. The van der Waals surface area contributed by atoms with Crippen LogP contribution in [0.3, 0.4) is 0 Å². The summed E-state index contributed by atoms with van der Waals surface area (Å²) in [7, 11) is 1.29. The summed E-state index contributed by atoms with van der Waals surface area (Å²) in [6.45, 7) is 1.84. The predicted molar refractivity (Wildman–Crippen MR) is 122 cm³/mol. The predicted octanol–water partition coefficient (Wildman–Crippen LogP) is 1.95. The number of esters is 1. The van der Waals surface area contributed by atoms with E-state index >= 15 is 0 Å². The van der Waals surface area contributed by atoms with E-state index in [2.05, 4.69) is 15.4 Å². The molecule has 0 saturated carbocycles.